The quantitative estimate of drug-likeness (QED) is 0.802. The Hall–Kier alpha value is -1.44. The Morgan fingerprint density at radius 2 is 2.08 bits per heavy atom. The number of hydrogen-bond donors (Lipinski definition) is 0. The van der Waals surface area contributed by atoms with Crippen LogP contribution >= 0.6 is 11.8 Å². The number of ether oxygens (including phenoxy) is 1. The Labute approximate surface area is 143 Å². The van der Waals surface area contributed by atoms with Crippen molar-refractivity contribution in [2.24, 2.45) is 0 Å². The van der Waals surface area contributed by atoms with Crippen molar-refractivity contribution in [1.82, 2.24) is 9.88 Å². The number of halogens is 3. The zero-order chi connectivity index (χ0) is 18.0. The third-order valence-corrected chi connectivity index (χ3v) is 4.76. The van der Waals surface area contributed by atoms with Crippen LogP contribution < -0.4 is 0 Å². The molecule has 1 amide bonds. The number of hydrogen-bond acceptors (Lipinski definition) is 4. The maximum absolute atomic E-state index is 12.7. The lowest BCUT2D eigenvalue weighted by atomic mass is 10.2. The number of rotatable bonds is 3. The molecule has 1 aliphatic rings. The summed E-state index contributed by atoms with van der Waals surface area (Å²) in [5.41, 5.74) is -0.737. The molecular formula is C16H21F3N2O2S. The Balaban J connectivity index is 1.85. The molecule has 0 N–H and O–H groups in total. The first-order chi connectivity index (χ1) is 11.0. The number of carbonyl (C=O) groups excluding carboxylic acids is 1. The van der Waals surface area contributed by atoms with Crippen molar-refractivity contribution in [3.05, 3.63) is 29.6 Å². The molecule has 8 heteroatoms. The number of thioether (sulfide) groups is 1. The minimum absolute atomic E-state index is 0.187. The normalized spacial score (nSPS) is 18.8. The van der Waals surface area contributed by atoms with Crippen molar-refractivity contribution in [3.8, 4) is 0 Å². The smallest absolute Gasteiger partial charge is 0.417 e. The van der Waals surface area contributed by atoms with E-state index in [1.165, 1.54) is 18.0 Å². The van der Waals surface area contributed by atoms with Gasteiger partial charge in [0, 0.05) is 36.5 Å². The molecule has 0 unspecified atom stereocenters. The van der Waals surface area contributed by atoms with Crippen LogP contribution in [0.3, 0.4) is 0 Å². The van der Waals surface area contributed by atoms with Crippen LogP contribution in [0.15, 0.2) is 18.5 Å². The molecule has 1 aromatic heterocycles. The molecule has 2 rings (SSSR count). The van der Waals surface area contributed by atoms with Crippen molar-refractivity contribution in [2.75, 3.05) is 13.1 Å². The second kappa shape index (κ2) is 7.21. The molecule has 0 radical (unpaired) electrons. The minimum atomic E-state index is -4.38. The summed E-state index contributed by atoms with van der Waals surface area (Å²) >= 11 is 1.54. The van der Waals surface area contributed by atoms with Crippen LogP contribution in [-0.4, -0.2) is 39.9 Å². The Bertz CT molecular complexity index is 587. The molecule has 0 bridgehead atoms. The van der Waals surface area contributed by atoms with E-state index in [1.807, 2.05) is 20.8 Å². The molecule has 0 aliphatic carbocycles. The van der Waals surface area contributed by atoms with Gasteiger partial charge < -0.3 is 9.64 Å². The van der Waals surface area contributed by atoms with E-state index in [-0.39, 0.29) is 11.3 Å². The number of aromatic nitrogens is 1. The van der Waals surface area contributed by atoms with Gasteiger partial charge in [-0.05, 0) is 38.8 Å². The van der Waals surface area contributed by atoms with E-state index in [4.69, 9.17) is 4.74 Å². The van der Waals surface area contributed by atoms with Gasteiger partial charge in [-0.3, -0.25) is 4.98 Å². The highest BCUT2D eigenvalue weighted by Gasteiger charge is 2.32. The van der Waals surface area contributed by atoms with Crippen LogP contribution in [0, 0.1) is 0 Å². The van der Waals surface area contributed by atoms with E-state index < -0.39 is 17.3 Å². The van der Waals surface area contributed by atoms with Gasteiger partial charge >= 0.3 is 12.3 Å². The van der Waals surface area contributed by atoms with Gasteiger partial charge in [0.25, 0.3) is 0 Å². The van der Waals surface area contributed by atoms with Crippen LogP contribution in [0.2, 0.25) is 0 Å². The molecule has 2 heterocycles. The summed E-state index contributed by atoms with van der Waals surface area (Å²) in [6.07, 6.45) is -1.65. The summed E-state index contributed by atoms with van der Waals surface area (Å²) < 4.78 is 43.4. The van der Waals surface area contributed by atoms with Crippen molar-refractivity contribution >= 4 is 17.9 Å². The maximum atomic E-state index is 12.7. The summed E-state index contributed by atoms with van der Waals surface area (Å²) in [5.74, 6) is 0.434. The molecule has 1 fully saturated rings. The largest absolute Gasteiger partial charge is 0.444 e. The second-order valence-electron chi connectivity index (χ2n) is 6.73. The van der Waals surface area contributed by atoms with Gasteiger partial charge in [-0.2, -0.15) is 24.9 Å². The predicted molar refractivity (Wildman–Crippen MR) is 86.7 cm³/mol. The summed E-state index contributed by atoms with van der Waals surface area (Å²) in [6.45, 7) is 6.59. The number of carbonyl (C=O) groups is 1. The van der Waals surface area contributed by atoms with E-state index in [0.717, 1.165) is 18.7 Å². The molecule has 1 aliphatic heterocycles. The molecule has 0 aromatic carbocycles. The lowest BCUT2D eigenvalue weighted by Crippen LogP contribution is -2.35. The van der Waals surface area contributed by atoms with Gasteiger partial charge in [0.05, 0.1) is 5.56 Å². The highest BCUT2D eigenvalue weighted by molar-refractivity contribution is 7.99. The minimum Gasteiger partial charge on any atom is -0.444 e. The van der Waals surface area contributed by atoms with Gasteiger partial charge in [0.15, 0.2) is 0 Å². The van der Waals surface area contributed by atoms with Crippen molar-refractivity contribution in [2.45, 2.75) is 50.0 Å². The SMILES string of the molecule is CC(C)(C)OC(=O)N1CC[C@H](SCc2cncc(C(F)(F)F)c2)C1. The highest BCUT2D eigenvalue weighted by Crippen LogP contribution is 2.31. The third kappa shape index (κ3) is 5.58. The molecule has 4 nitrogen and oxygen atoms in total. The van der Waals surface area contributed by atoms with Gasteiger partial charge in [0.1, 0.15) is 5.60 Å². The average molecular weight is 362 g/mol. The van der Waals surface area contributed by atoms with E-state index in [1.54, 1.807) is 4.90 Å². The standard InChI is InChI=1S/C16H21F3N2O2S/c1-15(2,3)23-14(22)21-5-4-13(9-21)24-10-11-6-12(8-20-7-11)16(17,18)19/h6-8,13H,4-5,9-10H2,1-3H3/t13-/m0/s1. The Morgan fingerprint density at radius 1 is 1.38 bits per heavy atom. The Kier molecular flexibility index (Phi) is 5.67. The van der Waals surface area contributed by atoms with Crippen molar-refractivity contribution in [3.63, 3.8) is 0 Å². The van der Waals surface area contributed by atoms with Crippen LogP contribution in [-0.2, 0) is 16.7 Å². The van der Waals surface area contributed by atoms with E-state index in [2.05, 4.69) is 4.98 Å². The third-order valence-electron chi connectivity index (χ3n) is 3.40. The summed E-state index contributed by atoms with van der Waals surface area (Å²) in [6, 6.07) is 1.13. The monoisotopic (exact) mass is 362 g/mol. The summed E-state index contributed by atoms with van der Waals surface area (Å²) in [7, 11) is 0. The van der Waals surface area contributed by atoms with Gasteiger partial charge in [-0.25, -0.2) is 4.79 Å². The molecule has 134 valence electrons. The van der Waals surface area contributed by atoms with Crippen LogP contribution in [0.5, 0.6) is 0 Å². The van der Waals surface area contributed by atoms with Crippen LogP contribution in [0.25, 0.3) is 0 Å². The lowest BCUT2D eigenvalue weighted by Gasteiger charge is -2.24. The van der Waals surface area contributed by atoms with Crippen molar-refractivity contribution in [1.29, 1.82) is 0 Å². The van der Waals surface area contributed by atoms with Gasteiger partial charge in [-0.15, -0.1) is 0 Å². The molecule has 1 aromatic rings. The zero-order valence-corrected chi connectivity index (χ0v) is 14.7. The fourth-order valence-electron chi connectivity index (χ4n) is 2.29. The van der Waals surface area contributed by atoms with Crippen LogP contribution in [0.4, 0.5) is 18.0 Å². The number of likely N-dealkylation sites (tertiary alicyclic amines) is 1. The van der Waals surface area contributed by atoms with E-state index in [0.29, 0.717) is 24.4 Å². The van der Waals surface area contributed by atoms with E-state index >= 15 is 0 Å². The topological polar surface area (TPSA) is 42.4 Å². The highest BCUT2D eigenvalue weighted by atomic mass is 32.2. The average Bonchev–Trinajstić information content (AvgIpc) is 2.92. The second-order valence-corrected chi connectivity index (χ2v) is 8.02. The molecule has 24 heavy (non-hydrogen) atoms. The number of amides is 1. The lowest BCUT2D eigenvalue weighted by molar-refractivity contribution is -0.137. The van der Waals surface area contributed by atoms with Crippen molar-refractivity contribution < 1.29 is 22.7 Å². The number of alkyl halides is 3. The van der Waals surface area contributed by atoms with E-state index in [9.17, 15) is 18.0 Å². The molecule has 0 spiro atoms. The molecule has 1 saturated heterocycles. The van der Waals surface area contributed by atoms with Gasteiger partial charge in [-0.1, -0.05) is 0 Å². The Morgan fingerprint density at radius 3 is 2.71 bits per heavy atom. The first-order valence-corrected chi connectivity index (χ1v) is 8.70. The fraction of sp³-hybridized carbons (Fsp3) is 0.625. The zero-order valence-electron chi connectivity index (χ0n) is 13.9. The summed E-state index contributed by atoms with van der Waals surface area (Å²) in [4.78, 5) is 17.3. The first kappa shape index (κ1) is 18.9. The number of nitrogens with zero attached hydrogens (tertiary/aromatic N) is 2. The molecular weight excluding hydrogens is 341 g/mol. The predicted octanol–water partition coefficient (Wildman–Crippen LogP) is 4.34. The summed E-state index contributed by atoms with van der Waals surface area (Å²) in [5, 5.41) is 0.187. The van der Waals surface area contributed by atoms with Crippen LogP contribution in [0.1, 0.15) is 38.3 Å². The molecule has 0 saturated carbocycles. The first-order valence-electron chi connectivity index (χ1n) is 7.65. The molecule has 1 atom stereocenters. The fourth-order valence-corrected chi connectivity index (χ4v) is 3.44. The number of pyridine rings is 1. The van der Waals surface area contributed by atoms with Gasteiger partial charge in [0.2, 0.25) is 0 Å². The maximum Gasteiger partial charge on any atom is 0.417 e.